The van der Waals surface area contributed by atoms with Gasteiger partial charge in [0.15, 0.2) is 0 Å². The van der Waals surface area contributed by atoms with Gasteiger partial charge in [-0.15, -0.1) is 0 Å². The molecule has 4 heteroatoms. The van der Waals surface area contributed by atoms with Gasteiger partial charge in [0.1, 0.15) is 11.6 Å². The van der Waals surface area contributed by atoms with Crippen LogP contribution in [0.4, 0.5) is 8.78 Å². The SMILES string of the molecule is CNC(c1cc(C)cc(Br)c1)c1ccc(F)cc1F. The summed E-state index contributed by atoms with van der Waals surface area (Å²) in [6.07, 6.45) is 0. The fourth-order valence-electron chi connectivity index (χ4n) is 2.17. The van der Waals surface area contributed by atoms with E-state index >= 15 is 0 Å². The van der Waals surface area contributed by atoms with Crippen LogP contribution in [0.15, 0.2) is 40.9 Å². The maximum atomic E-state index is 13.9. The number of aryl methyl sites for hydroxylation is 1. The van der Waals surface area contributed by atoms with Gasteiger partial charge < -0.3 is 5.32 Å². The lowest BCUT2D eigenvalue weighted by atomic mass is 9.97. The number of hydrogen-bond donors (Lipinski definition) is 1. The standard InChI is InChI=1S/C15H14BrF2N/c1-9-5-10(7-11(16)6-9)15(19-2)13-4-3-12(17)8-14(13)18/h3-8,15,19H,1-2H3. The van der Waals surface area contributed by atoms with Crippen LogP contribution in [0, 0.1) is 18.6 Å². The molecule has 1 N–H and O–H groups in total. The first-order chi connectivity index (χ1) is 9.01. The van der Waals surface area contributed by atoms with E-state index in [1.54, 1.807) is 7.05 Å². The summed E-state index contributed by atoms with van der Waals surface area (Å²) in [6, 6.07) is 9.24. The molecule has 0 bridgehead atoms. The van der Waals surface area contributed by atoms with Crippen molar-refractivity contribution in [3.05, 3.63) is 69.2 Å². The molecule has 1 atom stereocenters. The Bertz CT molecular complexity index is 578. The van der Waals surface area contributed by atoms with Gasteiger partial charge in [0, 0.05) is 16.1 Å². The molecular weight excluding hydrogens is 312 g/mol. The first kappa shape index (κ1) is 14.2. The lowest BCUT2D eigenvalue weighted by molar-refractivity contribution is 0.551. The number of hydrogen-bond acceptors (Lipinski definition) is 1. The van der Waals surface area contributed by atoms with E-state index in [4.69, 9.17) is 0 Å². The van der Waals surface area contributed by atoms with E-state index in [-0.39, 0.29) is 6.04 Å². The van der Waals surface area contributed by atoms with Crippen molar-refractivity contribution in [2.75, 3.05) is 7.05 Å². The monoisotopic (exact) mass is 325 g/mol. The van der Waals surface area contributed by atoms with Gasteiger partial charge in [0.2, 0.25) is 0 Å². The number of halogens is 3. The second-order valence-corrected chi connectivity index (χ2v) is 5.37. The van der Waals surface area contributed by atoms with Crippen LogP contribution in [-0.4, -0.2) is 7.05 Å². The van der Waals surface area contributed by atoms with Crippen LogP contribution < -0.4 is 5.32 Å². The molecule has 2 aromatic rings. The lowest BCUT2D eigenvalue weighted by Gasteiger charge is -2.19. The predicted octanol–water partition coefficient (Wildman–Crippen LogP) is 4.34. The largest absolute Gasteiger partial charge is 0.309 e. The van der Waals surface area contributed by atoms with Crippen LogP contribution in [0.5, 0.6) is 0 Å². The van der Waals surface area contributed by atoms with Gasteiger partial charge in [0.05, 0.1) is 6.04 Å². The van der Waals surface area contributed by atoms with E-state index in [9.17, 15) is 8.78 Å². The van der Waals surface area contributed by atoms with E-state index in [0.29, 0.717) is 5.56 Å². The Morgan fingerprint density at radius 1 is 1.11 bits per heavy atom. The molecule has 1 unspecified atom stereocenters. The smallest absolute Gasteiger partial charge is 0.131 e. The molecule has 0 saturated heterocycles. The van der Waals surface area contributed by atoms with Gasteiger partial charge in [-0.3, -0.25) is 0 Å². The van der Waals surface area contributed by atoms with Gasteiger partial charge in [-0.1, -0.05) is 28.1 Å². The second-order valence-electron chi connectivity index (χ2n) is 4.45. The van der Waals surface area contributed by atoms with Crippen LogP contribution >= 0.6 is 15.9 Å². The Labute approximate surface area is 119 Å². The Balaban J connectivity index is 2.49. The summed E-state index contributed by atoms with van der Waals surface area (Å²) < 4.78 is 27.8. The number of rotatable bonds is 3. The molecule has 0 spiro atoms. The molecule has 0 fully saturated rings. The lowest BCUT2D eigenvalue weighted by Crippen LogP contribution is -2.19. The highest BCUT2D eigenvalue weighted by molar-refractivity contribution is 9.10. The summed E-state index contributed by atoms with van der Waals surface area (Å²) in [5, 5.41) is 3.07. The highest BCUT2D eigenvalue weighted by atomic mass is 79.9. The average Bonchev–Trinajstić information content (AvgIpc) is 2.31. The first-order valence-corrected chi connectivity index (χ1v) is 6.70. The van der Waals surface area contributed by atoms with Crippen molar-refractivity contribution in [3.63, 3.8) is 0 Å². The van der Waals surface area contributed by atoms with Crippen LogP contribution in [0.1, 0.15) is 22.7 Å². The number of nitrogens with one attached hydrogen (secondary N) is 1. The zero-order chi connectivity index (χ0) is 14.0. The summed E-state index contributed by atoms with van der Waals surface area (Å²) in [7, 11) is 1.75. The normalized spacial score (nSPS) is 12.5. The van der Waals surface area contributed by atoms with Gasteiger partial charge >= 0.3 is 0 Å². The predicted molar refractivity (Wildman–Crippen MR) is 76.1 cm³/mol. The van der Waals surface area contributed by atoms with Crippen molar-refractivity contribution in [1.29, 1.82) is 0 Å². The third kappa shape index (κ3) is 3.19. The van der Waals surface area contributed by atoms with Crippen molar-refractivity contribution >= 4 is 15.9 Å². The van der Waals surface area contributed by atoms with Crippen molar-refractivity contribution in [2.45, 2.75) is 13.0 Å². The van der Waals surface area contributed by atoms with Gasteiger partial charge in [-0.25, -0.2) is 8.78 Å². The van der Waals surface area contributed by atoms with Crippen LogP contribution in [0.3, 0.4) is 0 Å². The number of benzene rings is 2. The van der Waals surface area contributed by atoms with Crippen molar-refractivity contribution in [3.8, 4) is 0 Å². The summed E-state index contributed by atoms with van der Waals surface area (Å²) in [5.74, 6) is -1.11. The van der Waals surface area contributed by atoms with Crippen LogP contribution in [-0.2, 0) is 0 Å². The molecule has 100 valence electrons. The summed E-state index contributed by atoms with van der Waals surface area (Å²) >= 11 is 3.43. The molecule has 19 heavy (non-hydrogen) atoms. The molecule has 2 aromatic carbocycles. The maximum absolute atomic E-state index is 13.9. The van der Waals surface area contributed by atoms with E-state index in [0.717, 1.165) is 21.7 Å². The van der Waals surface area contributed by atoms with Crippen LogP contribution in [0.2, 0.25) is 0 Å². The van der Waals surface area contributed by atoms with Crippen LogP contribution in [0.25, 0.3) is 0 Å². The van der Waals surface area contributed by atoms with Crippen molar-refractivity contribution < 1.29 is 8.78 Å². The molecule has 0 saturated carbocycles. The molecule has 0 amide bonds. The minimum Gasteiger partial charge on any atom is -0.309 e. The molecule has 1 nitrogen and oxygen atoms in total. The van der Waals surface area contributed by atoms with Gasteiger partial charge in [-0.05, 0) is 43.3 Å². The third-order valence-corrected chi connectivity index (χ3v) is 3.42. The minimum atomic E-state index is -0.568. The molecule has 0 aliphatic carbocycles. The highest BCUT2D eigenvalue weighted by Crippen LogP contribution is 2.27. The molecular formula is C15H14BrF2N. The molecule has 0 aliphatic rings. The Morgan fingerprint density at radius 3 is 2.42 bits per heavy atom. The maximum Gasteiger partial charge on any atom is 0.131 e. The average molecular weight is 326 g/mol. The zero-order valence-electron chi connectivity index (χ0n) is 10.7. The molecule has 0 radical (unpaired) electrons. The molecule has 0 aliphatic heterocycles. The van der Waals surface area contributed by atoms with E-state index < -0.39 is 11.6 Å². The Kier molecular flexibility index (Phi) is 4.32. The molecule has 2 rings (SSSR count). The van der Waals surface area contributed by atoms with Gasteiger partial charge in [0.25, 0.3) is 0 Å². The first-order valence-electron chi connectivity index (χ1n) is 5.90. The topological polar surface area (TPSA) is 12.0 Å². The minimum absolute atomic E-state index is 0.309. The van der Waals surface area contributed by atoms with Gasteiger partial charge in [-0.2, -0.15) is 0 Å². The quantitative estimate of drug-likeness (QED) is 0.884. The zero-order valence-corrected chi connectivity index (χ0v) is 12.3. The Hall–Kier alpha value is -1.26. The fourth-order valence-corrected chi connectivity index (χ4v) is 2.79. The summed E-state index contributed by atoms with van der Waals surface area (Å²) in [5.41, 5.74) is 2.44. The molecule has 0 heterocycles. The fraction of sp³-hybridized carbons (Fsp3) is 0.200. The van der Waals surface area contributed by atoms with Crippen molar-refractivity contribution in [2.24, 2.45) is 0 Å². The summed E-state index contributed by atoms with van der Waals surface area (Å²) in [6.45, 7) is 1.97. The third-order valence-electron chi connectivity index (χ3n) is 2.96. The summed E-state index contributed by atoms with van der Waals surface area (Å²) in [4.78, 5) is 0. The van der Waals surface area contributed by atoms with E-state index in [1.807, 2.05) is 25.1 Å². The Morgan fingerprint density at radius 2 is 1.84 bits per heavy atom. The second kappa shape index (κ2) is 5.80. The van der Waals surface area contributed by atoms with E-state index in [1.165, 1.54) is 12.1 Å². The highest BCUT2D eigenvalue weighted by Gasteiger charge is 2.17. The molecule has 0 aromatic heterocycles. The van der Waals surface area contributed by atoms with Crippen molar-refractivity contribution in [1.82, 2.24) is 5.32 Å². The van der Waals surface area contributed by atoms with E-state index in [2.05, 4.69) is 21.2 Å².